The molecule has 0 amide bonds. The molecule has 15 heavy (non-hydrogen) atoms. The van der Waals surface area contributed by atoms with E-state index < -0.39 is 0 Å². The molecular formula is C12H17BrN2. The molecule has 0 radical (unpaired) electrons. The van der Waals surface area contributed by atoms with Crippen LogP contribution in [0, 0.1) is 5.41 Å². The van der Waals surface area contributed by atoms with Crippen LogP contribution in [-0.2, 0) is 6.42 Å². The lowest BCUT2D eigenvalue weighted by Gasteiger charge is -2.21. The van der Waals surface area contributed by atoms with Crippen LogP contribution < -0.4 is 0 Å². The first-order chi connectivity index (χ1) is 7.19. The molecule has 0 atom stereocenters. The third-order valence-electron chi connectivity index (χ3n) is 2.46. The molecule has 82 valence electrons. The molecule has 0 aliphatic rings. The summed E-state index contributed by atoms with van der Waals surface area (Å²) in [5.74, 6) is 0.687. The van der Waals surface area contributed by atoms with Gasteiger partial charge in [0.25, 0.3) is 0 Å². The highest BCUT2D eigenvalue weighted by molar-refractivity contribution is 9.10. The van der Waals surface area contributed by atoms with Gasteiger partial charge < -0.3 is 4.90 Å². The van der Waals surface area contributed by atoms with Crippen LogP contribution in [0.2, 0.25) is 0 Å². The summed E-state index contributed by atoms with van der Waals surface area (Å²) < 4.78 is 1.09. The van der Waals surface area contributed by atoms with Crippen LogP contribution in [0.4, 0.5) is 0 Å². The van der Waals surface area contributed by atoms with Crippen molar-refractivity contribution < 1.29 is 0 Å². The number of hydrogen-bond acceptors (Lipinski definition) is 1. The van der Waals surface area contributed by atoms with E-state index in [0.29, 0.717) is 12.3 Å². The van der Waals surface area contributed by atoms with Crippen molar-refractivity contribution in [3.05, 3.63) is 34.3 Å². The lowest BCUT2D eigenvalue weighted by Crippen LogP contribution is -2.31. The van der Waals surface area contributed by atoms with E-state index in [2.05, 4.69) is 40.7 Å². The summed E-state index contributed by atoms with van der Waals surface area (Å²) in [5, 5.41) is 7.99. The first-order valence-electron chi connectivity index (χ1n) is 5.24. The van der Waals surface area contributed by atoms with E-state index in [4.69, 9.17) is 5.41 Å². The second-order valence-corrected chi connectivity index (χ2v) is 4.24. The summed E-state index contributed by atoms with van der Waals surface area (Å²) in [6.07, 6.45) is 0.698. The zero-order valence-corrected chi connectivity index (χ0v) is 10.8. The Morgan fingerprint density at radius 3 is 2.40 bits per heavy atom. The molecule has 0 fully saturated rings. The minimum absolute atomic E-state index is 0.687. The number of hydrogen-bond donors (Lipinski definition) is 1. The van der Waals surface area contributed by atoms with Gasteiger partial charge in [-0.05, 0) is 25.5 Å². The van der Waals surface area contributed by atoms with Gasteiger partial charge in [0.15, 0.2) is 0 Å². The van der Waals surface area contributed by atoms with Crippen LogP contribution in [0.25, 0.3) is 0 Å². The second-order valence-electron chi connectivity index (χ2n) is 3.39. The summed E-state index contributed by atoms with van der Waals surface area (Å²) in [6, 6.07) is 8.08. The van der Waals surface area contributed by atoms with Crippen molar-refractivity contribution in [3.8, 4) is 0 Å². The summed E-state index contributed by atoms with van der Waals surface area (Å²) in [6.45, 7) is 5.97. The molecule has 0 aromatic heterocycles. The van der Waals surface area contributed by atoms with Crippen molar-refractivity contribution in [2.24, 2.45) is 0 Å². The van der Waals surface area contributed by atoms with Crippen LogP contribution in [0.3, 0.4) is 0 Å². The molecule has 0 spiro atoms. The SMILES string of the molecule is CCN(CC)C(=N)Cc1ccccc1Br. The number of likely N-dealkylation sites (N-methyl/N-ethyl adjacent to an activating group) is 1. The monoisotopic (exact) mass is 268 g/mol. The maximum absolute atomic E-state index is 7.99. The number of rotatable bonds is 4. The Labute approximate surface area is 99.9 Å². The van der Waals surface area contributed by atoms with Gasteiger partial charge in [-0.1, -0.05) is 34.1 Å². The summed E-state index contributed by atoms with van der Waals surface area (Å²) >= 11 is 3.50. The molecule has 1 N–H and O–H groups in total. The van der Waals surface area contributed by atoms with Crippen LogP contribution in [0.1, 0.15) is 19.4 Å². The van der Waals surface area contributed by atoms with E-state index >= 15 is 0 Å². The van der Waals surface area contributed by atoms with E-state index in [9.17, 15) is 0 Å². The zero-order chi connectivity index (χ0) is 11.3. The van der Waals surface area contributed by atoms with Crippen molar-refractivity contribution in [1.82, 2.24) is 4.90 Å². The zero-order valence-electron chi connectivity index (χ0n) is 9.26. The molecule has 1 rings (SSSR count). The van der Waals surface area contributed by atoms with Crippen LogP contribution >= 0.6 is 15.9 Å². The molecule has 0 saturated heterocycles. The minimum atomic E-state index is 0.687. The Bertz CT molecular complexity index is 332. The maximum Gasteiger partial charge on any atom is 0.100 e. The fourth-order valence-electron chi connectivity index (χ4n) is 1.54. The van der Waals surface area contributed by atoms with Crippen LogP contribution in [-0.4, -0.2) is 23.8 Å². The van der Waals surface area contributed by atoms with E-state index in [1.807, 2.05) is 18.2 Å². The van der Waals surface area contributed by atoms with E-state index in [0.717, 1.165) is 17.6 Å². The average molecular weight is 269 g/mol. The Morgan fingerprint density at radius 1 is 1.27 bits per heavy atom. The molecule has 0 aliphatic heterocycles. The van der Waals surface area contributed by atoms with E-state index in [1.165, 1.54) is 5.56 Å². The third kappa shape index (κ3) is 3.34. The smallest absolute Gasteiger partial charge is 0.100 e. The second kappa shape index (κ2) is 5.91. The van der Waals surface area contributed by atoms with Crippen LogP contribution in [0.15, 0.2) is 28.7 Å². The lowest BCUT2D eigenvalue weighted by atomic mass is 10.1. The third-order valence-corrected chi connectivity index (χ3v) is 3.23. The van der Waals surface area contributed by atoms with Gasteiger partial charge in [0.2, 0.25) is 0 Å². The minimum Gasteiger partial charge on any atom is -0.361 e. The predicted molar refractivity (Wildman–Crippen MR) is 68.5 cm³/mol. The highest BCUT2D eigenvalue weighted by Crippen LogP contribution is 2.17. The van der Waals surface area contributed by atoms with E-state index in [1.54, 1.807) is 0 Å². The largest absolute Gasteiger partial charge is 0.361 e. The normalized spacial score (nSPS) is 10.1. The first kappa shape index (κ1) is 12.2. The predicted octanol–water partition coefficient (Wildman–Crippen LogP) is 3.31. The first-order valence-corrected chi connectivity index (χ1v) is 6.04. The van der Waals surface area contributed by atoms with Crippen molar-refractivity contribution in [1.29, 1.82) is 5.41 Å². The Hall–Kier alpha value is -0.830. The van der Waals surface area contributed by atoms with Gasteiger partial charge in [0, 0.05) is 24.0 Å². The molecule has 3 heteroatoms. The highest BCUT2D eigenvalue weighted by atomic mass is 79.9. The average Bonchev–Trinajstić information content (AvgIpc) is 2.23. The molecule has 0 saturated carbocycles. The molecule has 0 unspecified atom stereocenters. The Kier molecular flexibility index (Phi) is 4.82. The van der Waals surface area contributed by atoms with Crippen molar-refractivity contribution in [3.63, 3.8) is 0 Å². The van der Waals surface area contributed by atoms with E-state index in [-0.39, 0.29) is 0 Å². The lowest BCUT2D eigenvalue weighted by molar-refractivity contribution is 0.455. The van der Waals surface area contributed by atoms with Gasteiger partial charge in [-0.15, -0.1) is 0 Å². The summed E-state index contributed by atoms with van der Waals surface area (Å²) in [4.78, 5) is 2.07. The Morgan fingerprint density at radius 2 is 1.87 bits per heavy atom. The number of halogens is 1. The molecule has 2 nitrogen and oxygen atoms in total. The highest BCUT2D eigenvalue weighted by Gasteiger charge is 2.07. The fourth-order valence-corrected chi connectivity index (χ4v) is 1.96. The molecule has 0 aliphatic carbocycles. The van der Waals surface area contributed by atoms with Gasteiger partial charge in [-0.25, -0.2) is 0 Å². The Balaban J connectivity index is 2.70. The van der Waals surface area contributed by atoms with Crippen LogP contribution in [0.5, 0.6) is 0 Å². The van der Waals surface area contributed by atoms with Gasteiger partial charge in [-0.3, -0.25) is 5.41 Å². The number of amidine groups is 1. The van der Waals surface area contributed by atoms with Gasteiger partial charge in [0.05, 0.1) is 0 Å². The van der Waals surface area contributed by atoms with Gasteiger partial charge >= 0.3 is 0 Å². The number of nitrogens with zero attached hydrogens (tertiary/aromatic N) is 1. The quantitative estimate of drug-likeness (QED) is 0.659. The molecule has 0 bridgehead atoms. The topological polar surface area (TPSA) is 27.1 Å². The van der Waals surface area contributed by atoms with Crippen molar-refractivity contribution in [2.75, 3.05) is 13.1 Å². The van der Waals surface area contributed by atoms with Crippen molar-refractivity contribution in [2.45, 2.75) is 20.3 Å². The summed E-state index contributed by atoms with van der Waals surface area (Å²) in [7, 11) is 0. The standard InChI is InChI=1S/C12H17BrN2/c1-3-15(4-2)12(14)9-10-7-5-6-8-11(10)13/h5-8,14H,3-4,9H2,1-2H3. The van der Waals surface area contributed by atoms with Crippen molar-refractivity contribution >= 4 is 21.8 Å². The molecule has 1 aromatic rings. The fraction of sp³-hybridized carbons (Fsp3) is 0.417. The number of nitrogens with one attached hydrogen (secondary N) is 1. The maximum atomic E-state index is 7.99. The molecule has 1 aromatic carbocycles. The van der Waals surface area contributed by atoms with Gasteiger partial charge in [0.1, 0.15) is 5.84 Å². The van der Waals surface area contributed by atoms with Gasteiger partial charge in [-0.2, -0.15) is 0 Å². The molecule has 0 heterocycles. The summed E-state index contributed by atoms with van der Waals surface area (Å²) in [5.41, 5.74) is 1.18. The number of benzene rings is 1. The molecular weight excluding hydrogens is 252 g/mol.